The Kier molecular flexibility index (Phi) is 2.38. The van der Waals surface area contributed by atoms with Gasteiger partial charge in [0.2, 0.25) is 0 Å². The van der Waals surface area contributed by atoms with Crippen molar-refractivity contribution in [3.63, 3.8) is 0 Å². The molecular formula is C8H14N3O2+. The first kappa shape index (κ1) is 9.73. The summed E-state index contributed by atoms with van der Waals surface area (Å²) in [6.45, 7) is 2.63. The molecule has 0 amide bonds. The minimum atomic E-state index is -0.994. The average molecular weight is 184 g/mol. The van der Waals surface area contributed by atoms with Crippen LogP contribution in [-0.2, 0) is 4.79 Å². The molecule has 0 aliphatic carbocycles. The lowest BCUT2D eigenvalue weighted by molar-refractivity contribution is -0.873. The van der Waals surface area contributed by atoms with E-state index in [-0.39, 0.29) is 16.0 Å². The number of carbonyl (C=O) groups is 1. The van der Waals surface area contributed by atoms with Crippen molar-refractivity contribution in [3.8, 4) is 0 Å². The maximum atomic E-state index is 10.9. The van der Waals surface area contributed by atoms with Crippen LogP contribution in [0.25, 0.3) is 0 Å². The fourth-order valence-corrected chi connectivity index (χ4v) is 1.52. The van der Waals surface area contributed by atoms with E-state index in [0.717, 1.165) is 6.42 Å². The molecule has 0 saturated carbocycles. The molecule has 0 aromatic heterocycles. The van der Waals surface area contributed by atoms with Gasteiger partial charge in [-0.3, -0.25) is 0 Å². The van der Waals surface area contributed by atoms with Gasteiger partial charge in [0.05, 0.1) is 7.05 Å². The third-order valence-electron chi connectivity index (χ3n) is 2.07. The minimum Gasteiger partial charge on any atom is -0.474 e. The van der Waals surface area contributed by atoms with Crippen LogP contribution in [0.2, 0.25) is 0 Å². The van der Waals surface area contributed by atoms with Crippen LogP contribution < -0.4 is 5.73 Å². The number of nitrogens with two attached hydrogens (primary N) is 1. The second-order valence-corrected chi connectivity index (χ2v) is 3.22. The number of hydrogen-bond donors (Lipinski definition) is 2. The van der Waals surface area contributed by atoms with Gasteiger partial charge in [-0.25, -0.2) is 4.79 Å². The summed E-state index contributed by atoms with van der Waals surface area (Å²) in [6, 6.07) is 0. The minimum absolute atomic E-state index is 0.0532. The molecule has 72 valence electrons. The van der Waals surface area contributed by atoms with Gasteiger partial charge >= 0.3 is 5.97 Å². The van der Waals surface area contributed by atoms with Crippen LogP contribution in [0, 0.1) is 0 Å². The van der Waals surface area contributed by atoms with Crippen LogP contribution in [0.1, 0.15) is 13.3 Å². The van der Waals surface area contributed by atoms with Gasteiger partial charge in [-0.15, -0.1) is 0 Å². The maximum absolute atomic E-state index is 10.9. The summed E-state index contributed by atoms with van der Waals surface area (Å²) < 4.78 is 0.0532. The molecule has 1 aliphatic heterocycles. The van der Waals surface area contributed by atoms with E-state index in [1.54, 1.807) is 7.05 Å². The van der Waals surface area contributed by atoms with Gasteiger partial charge in [-0.05, 0) is 6.42 Å². The lowest BCUT2D eigenvalue weighted by Gasteiger charge is -2.23. The summed E-state index contributed by atoms with van der Waals surface area (Å²) in [6.07, 6.45) is 2.27. The molecule has 5 heteroatoms. The third-order valence-corrected chi connectivity index (χ3v) is 2.07. The Morgan fingerprint density at radius 2 is 2.38 bits per heavy atom. The van der Waals surface area contributed by atoms with Gasteiger partial charge in [-0.1, -0.05) is 12.0 Å². The highest BCUT2D eigenvalue weighted by Crippen LogP contribution is 2.22. The van der Waals surface area contributed by atoms with Crippen molar-refractivity contribution in [1.29, 1.82) is 0 Å². The summed E-state index contributed by atoms with van der Waals surface area (Å²) in [5, 5.41) is 13.0. The smallest absolute Gasteiger partial charge is 0.395 e. The highest BCUT2D eigenvalue weighted by Gasteiger charge is 2.39. The monoisotopic (exact) mass is 184 g/mol. The summed E-state index contributed by atoms with van der Waals surface area (Å²) in [4.78, 5) is 10.9. The first-order chi connectivity index (χ1) is 6.01. The van der Waals surface area contributed by atoms with Crippen LogP contribution in [0.5, 0.6) is 0 Å². The molecule has 0 aromatic carbocycles. The van der Waals surface area contributed by atoms with Crippen molar-refractivity contribution < 1.29 is 14.5 Å². The predicted molar refractivity (Wildman–Crippen MR) is 48.7 cm³/mol. The molecule has 0 fully saturated rings. The number of quaternary nitrogens is 1. The number of aliphatic carboxylic acids is 1. The zero-order chi connectivity index (χ0) is 10.1. The highest BCUT2D eigenvalue weighted by atomic mass is 16.4. The van der Waals surface area contributed by atoms with Gasteiger partial charge in [-0.2, -0.15) is 4.59 Å². The van der Waals surface area contributed by atoms with Crippen LogP contribution in [0.4, 0.5) is 0 Å². The number of nitrogens with zero attached hydrogens (tertiary/aromatic N) is 2. The van der Waals surface area contributed by atoms with Crippen molar-refractivity contribution >= 4 is 12.2 Å². The van der Waals surface area contributed by atoms with E-state index in [2.05, 4.69) is 5.10 Å². The summed E-state index contributed by atoms with van der Waals surface area (Å²) in [5.41, 5.74) is 5.94. The molecule has 0 aromatic rings. The number of carboxylic acid groups (broad SMARTS) is 1. The van der Waals surface area contributed by atoms with Crippen molar-refractivity contribution in [2.24, 2.45) is 10.8 Å². The number of hydrogen-bond acceptors (Lipinski definition) is 3. The molecule has 5 nitrogen and oxygen atoms in total. The van der Waals surface area contributed by atoms with Gasteiger partial charge < -0.3 is 10.8 Å². The van der Waals surface area contributed by atoms with E-state index in [1.807, 2.05) is 6.92 Å². The molecule has 1 unspecified atom stereocenters. The van der Waals surface area contributed by atoms with Crippen molar-refractivity contribution in [3.05, 3.63) is 11.4 Å². The zero-order valence-electron chi connectivity index (χ0n) is 7.82. The second-order valence-electron chi connectivity index (χ2n) is 3.22. The average Bonchev–Trinajstić information content (AvgIpc) is 2.27. The third kappa shape index (κ3) is 1.55. The molecule has 0 spiro atoms. The van der Waals surface area contributed by atoms with E-state index in [1.165, 1.54) is 6.21 Å². The molecule has 1 rings (SSSR count). The molecule has 1 heterocycles. The van der Waals surface area contributed by atoms with Crippen LogP contribution >= 0.6 is 0 Å². The molecule has 0 saturated heterocycles. The quantitative estimate of drug-likeness (QED) is 0.611. The first-order valence-electron chi connectivity index (χ1n) is 4.16. The zero-order valence-corrected chi connectivity index (χ0v) is 7.82. The van der Waals surface area contributed by atoms with Crippen molar-refractivity contribution in [2.45, 2.75) is 13.3 Å². The number of allylic oxidation sites excluding steroid dienone is 1. The molecule has 1 atom stereocenters. The summed E-state index contributed by atoms with van der Waals surface area (Å²) >= 11 is 0. The molecule has 0 bridgehead atoms. The van der Waals surface area contributed by atoms with Gasteiger partial charge in [0.25, 0.3) is 5.70 Å². The van der Waals surface area contributed by atoms with E-state index in [9.17, 15) is 4.79 Å². The molecule has 1 aliphatic rings. The molecule has 3 N–H and O–H groups in total. The number of likely N-dealkylation sites (N-methyl/N-ethyl adjacent to an activating group) is 1. The molecule has 0 radical (unpaired) electrons. The van der Waals surface area contributed by atoms with E-state index >= 15 is 0 Å². The van der Waals surface area contributed by atoms with Crippen LogP contribution in [0.3, 0.4) is 0 Å². The van der Waals surface area contributed by atoms with Crippen LogP contribution in [0.15, 0.2) is 16.5 Å². The van der Waals surface area contributed by atoms with Gasteiger partial charge in [0.1, 0.15) is 18.5 Å². The Morgan fingerprint density at radius 1 is 1.77 bits per heavy atom. The summed E-state index contributed by atoms with van der Waals surface area (Å²) in [7, 11) is 1.74. The van der Waals surface area contributed by atoms with Crippen molar-refractivity contribution in [1.82, 2.24) is 0 Å². The van der Waals surface area contributed by atoms with E-state index < -0.39 is 5.97 Å². The van der Waals surface area contributed by atoms with Crippen molar-refractivity contribution in [2.75, 3.05) is 13.6 Å². The van der Waals surface area contributed by atoms with Gasteiger partial charge in [0, 0.05) is 0 Å². The van der Waals surface area contributed by atoms with Crippen LogP contribution in [-0.4, -0.2) is 35.5 Å². The topological polar surface area (TPSA) is 75.7 Å². The number of carboxylic acids is 1. The lowest BCUT2D eigenvalue weighted by atomic mass is 10.3. The molecular weight excluding hydrogens is 170 g/mol. The standard InChI is InChI=1S/C8H13N3O2/c1-3-4-11(2)7(8(12)13)6(9)5-10-11/h5H,3-4,9H2,1-2H3/p+1. The first-order valence-corrected chi connectivity index (χ1v) is 4.16. The normalized spacial score (nSPS) is 26.9. The van der Waals surface area contributed by atoms with E-state index in [0.29, 0.717) is 6.54 Å². The fraction of sp³-hybridized carbons (Fsp3) is 0.500. The SMILES string of the molecule is CCC[N+]1(C)N=CC(N)=C1C(=O)O. The lowest BCUT2D eigenvalue weighted by Crippen LogP contribution is -2.40. The van der Waals surface area contributed by atoms with Gasteiger partial charge in [0.15, 0.2) is 0 Å². The highest BCUT2D eigenvalue weighted by molar-refractivity contribution is 5.94. The number of rotatable bonds is 3. The predicted octanol–water partition coefficient (Wildman–Crippen LogP) is 0.0973. The molecule has 13 heavy (non-hydrogen) atoms. The summed E-state index contributed by atoms with van der Waals surface area (Å²) in [5.74, 6) is -0.994. The fourth-order valence-electron chi connectivity index (χ4n) is 1.52. The Bertz CT molecular complexity index is 296. The maximum Gasteiger partial charge on any atom is 0.395 e. The second kappa shape index (κ2) is 3.18. The Hall–Kier alpha value is -1.36. The Labute approximate surface area is 76.7 Å². The largest absolute Gasteiger partial charge is 0.474 e. The van der Waals surface area contributed by atoms with E-state index in [4.69, 9.17) is 10.8 Å². The Morgan fingerprint density at radius 3 is 2.85 bits per heavy atom. The Balaban J connectivity index is 3.02.